The second-order valence-corrected chi connectivity index (χ2v) is 6.58. The summed E-state index contributed by atoms with van der Waals surface area (Å²) in [4.78, 5) is 14.9. The van der Waals surface area contributed by atoms with Crippen molar-refractivity contribution in [3.8, 4) is 0 Å². The van der Waals surface area contributed by atoms with Crippen molar-refractivity contribution in [3.63, 3.8) is 0 Å². The summed E-state index contributed by atoms with van der Waals surface area (Å²) in [7, 11) is 0. The first kappa shape index (κ1) is 15.5. The van der Waals surface area contributed by atoms with Crippen LogP contribution in [0.25, 0.3) is 0 Å². The minimum absolute atomic E-state index is 0.181. The molecule has 0 aromatic carbocycles. The molecule has 0 spiro atoms. The molecule has 1 aromatic rings. The number of carbonyl (C=O) groups excluding carboxylic acids is 1. The van der Waals surface area contributed by atoms with E-state index in [9.17, 15) is 4.79 Å². The molecule has 2 fully saturated rings. The highest BCUT2D eigenvalue weighted by molar-refractivity contribution is 5.78. The molecule has 0 unspecified atom stereocenters. The SMILES string of the molecule is O=C(NCCCn1ccnn1)[C@H]1CCCN(C2CCCC2)C1. The Balaban J connectivity index is 1.37. The molecule has 1 atom stereocenters. The van der Waals surface area contributed by atoms with Gasteiger partial charge < -0.3 is 5.32 Å². The number of hydrogen-bond donors (Lipinski definition) is 1. The lowest BCUT2D eigenvalue weighted by molar-refractivity contribution is -0.127. The third-order valence-electron chi connectivity index (χ3n) is 5.00. The molecule has 6 nitrogen and oxygen atoms in total. The molecule has 2 aliphatic rings. The summed E-state index contributed by atoms with van der Waals surface area (Å²) in [5.74, 6) is 0.419. The van der Waals surface area contributed by atoms with Crippen molar-refractivity contribution in [2.45, 2.75) is 57.5 Å². The summed E-state index contributed by atoms with van der Waals surface area (Å²) in [5, 5.41) is 10.8. The minimum atomic E-state index is 0.181. The highest BCUT2D eigenvalue weighted by Crippen LogP contribution is 2.27. The molecular weight excluding hydrogens is 278 g/mol. The van der Waals surface area contributed by atoms with Gasteiger partial charge >= 0.3 is 0 Å². The van der Waals surface area contributed by atoms with Crippen LogP contribution in [0, 0.1) is 5.92 Å². The van der Waals surface area contributed by atoms with Crippen LogP contribution in [0.1, 0.15) is 44.9 Å². The molecule has 1 saturated heterocycles. The van der Waals surface area contributed by atoms with E-state index in [1.165, 1.54) is 32.2 Å². The van der Waals surface area contributed by atoms with E-state index in [-0.39, 0.29) is 11.8 Å². The largest absolute Gasteiger partial charge is 0.356 e. The second kappa shape index (κ2) is 7.72. The number of carbonyl (C=O) groups is 1. The topological polar surface area (TPSA) is 63.1 Å². The highest BCUT2D eigenvalue weighted by atomic mass is 16.1. The number of aromatic nitrogens is 3. The quantitative estimate of drug-likeness (QED) is 0.808. The van der Waals surface area contributed by atoms with E-state index < -0.39 is 0 Å². The van der Waals surface area contributed by atoms with Crippen LogP contribution < -0.4 is 5.32 Å². The molecule has 1 aromatic heterocycles. The molecule has 0 radical (unpaired) electrons. The van der Waals surface area contributed by atoms with E-state index in [0.717, 1.165) is 44.9 Å². The number of rotatable bonds is 6. The van der Waals surface area contributed by atoms with E-state index in [0.29, 0.717) is 0 Å². The van der Waals surface area contributed by atoms with E-state index >= 15 is 0 Å². The number of nitrogens with one attached hydrogen (secondary N) is 1. The molecule has 3 rings (SSSR count). The third kappa shape index (κ3) is 4.06. The van der Waals surface area contributed by atoms with Crippen LogP contribution in [0.15, 0.2) is 12.4 Å². The van der Waals surface area contributed by atoms with E-state index in [4.69, 9.17) is 0 Å². The predicted octanol–water partition coefficient (Wildman–Crippen LogP) is 1.44. The zero-order chi connectivity index (χ0) is 15.2. The molecule has 2 heterocycles. The van der Waals surface area contributed by atoms with Gasteiger partial charge in [0.2, 0.25) is 5.91 Å². The van der Waals surface area contributed by atoms with Crippen molar-refractivity contribution in [2.24, 2.45) is 5.92 Å². The second-order valence-electron chi connectivity index (χ2n) is 6.58. The summed E-state index contributed by atoms with van der Waals surface area (Å²) in [6, 6.07) is 0.739. The number of nitrogens with zero attached hydrogens (tertiary/aromatic N) is 4. The third-order valence-corrected chi connectivity index (χ3v) is 5.00. The molecule has 1 aliphatic heterocycles. The van der Waals surface area contributed by atoms with Crippen molar-refractivity contribution in [3.05, 3.63) is 12.4 Å². The monoisotopic (exact) mass is 305 g/mol. The molecule has 1 saturated carbocycles. The Morgan fingerprint density at radius 2 is 2.09 bits per heavy atom. The van der Waals surface area contributed by atoms with Crippen molar-refractivity contribution >= 4 is 5.91 Å². The standard InChI is InChI=1S/C16H27N5O/c22-16(17-8-4-11-21-12-9-18-19-21)14-5-3-10-20(13-14)15-6-1-2-7-15/h9,12,14-15H,1-8,10-11,13H2,(H,17,22)/t14-/m0/s1. The molecule has 22 heavy (non-hydrogen) atoms. The fourth-order valence-corrected chi connectivity index (χ4v) is 3.77. The van der Waals surface area contributed by atoms with Crippen LogP contribution in [-0.4, -0.2) is 51.5 Å². The van der Waals surface area contributed by atoms with Gasteiger partial charge in [-0.15, -0.1) is 5.10 Å². The fraction of sp³-hybridized carbons (Fsp3) is 0.812. The van der Waals surface area contributed by atoms with Gasteiger partial charge in [0.15, 0.2) is 0 Å². The number of hydrogen-bond acceptors (Lipinski definition) is 4. The number of piperidine rings is 1. The Bertz CT molecular complexity index is 455. The van der Waals surface area contributed by atoms with E-state index in [2.05, 4.69) is 20.5 Å². The van der Waals surface area contributed by atoms with Crippen LogP contribution in [-0.2, 0) is 11.3 Å². The lowest BCUT2D eigenvalue weighted by Gasteiger charge is -2.36. The zero-order valence-electron chi connectivity index (χ0n) is 13.3. The maximum atomic E-state index is 12.3. The number of likely N-dealkylation sites (tertiary alicyclic amines) is 1. The molecule has 122 valence electrons. The van der Waals surface area contributed by atoms with Crippen LogP contribution in [0.4, 0.5) is 0 Å². The number of aryl methyl sites for hydroxylation is 1. The first-order chi connectivity index (χ1) is 10.8. The summed E-state index contributed by atoms with van der Waals surface area (Å²) >= 11 is 0. The molecular formula is C16H27N5O. The molecule has 0 bridgehead atoms. The van der Waals surface area contributed by atoms with Crippen LogP contribution in [0.5, 0.6) is 0 Å². The Hall–Kier alpha value is -1.43. The molecule has 1 aliphatic carbocycles. The van der Waals surface area contributed by atoms with Gasteiger partial charge in [-0.3, -0.25) is 14.4 Å². The Morgan fingerprint density at radius 1 is 1.23 bits per heavy atom. The van der Waals surface area contributed by atoms with Gasteiger partial charge in [0.05, 0.1) is 12.1 Å². The molecule has 1 N–H and O–H groups in total. The van der Waals surface area contributed by atoms with Crippen molar-refractivity contribution in [1.82, 2.24) is 25.2 Å². The van der Waals surface area contributed by atoms with Crippen molar-refractivity contribution in [2.75, 3.05) is 19.6 Å². The van der Waals surface area contributed by atoms with Gasteiger partial charge in [0.25, 0.3) is 0 Å². The maximum absolute atomic E-state index is 12.3. The van der Waals surface area contributed by atoms with Gasteiger partial charge in [-0.05, 0) is 38.6 Å². The maximum Gasteiger partial charge on any atom is 0.224 e. The van der Waals surface area contributed by atoms with E-state index in [1.807, 2.05) is 6.20 Å². The lowest BCUT2D eigenvalue weighted by atomic mass is 9.95. The summed E-state index contributed by atoms with van der Waals surface area (Å²) < 4.78 is 1.80. The highest BCUT2D eigenvalue weighted by Gasteiger charge is 2.30. The normalized spacial score (nSPS) is 23.7. The number of amides is 1. The van der Waals surface area contributed by atoms with Crippen LogP contribution in [0.2, 0.25) is 0 Å². The fourth-order valence-electron chi connectivity index (χ4n) is 3.77. The van der Waals surface area contributed by atoms with Crippen LogP contribution in [0.3, 0.4) is 0 Å². The van der Waals surface area contributed by atoms with Crippen molar-refractivity contribution < 1.29 is 4.79 Å². The molecule has 6 heteroatoms. The van der Waals surface area contributed by atoms with Gasteiger partial charge in [0.1, 0.15) is 0 Å². The minimum Gasteiger partial charge on any atom is -0.356 e. The summed E-state index contributed by atoms with van der Waals surface area (Å²) in [5.41, 5.74) is 0. The first-order valence-electron chi connectivity index (χ1n) is 8.69. The van der Waals surface area contributed by atoms with Gasteiger partial charge in [0, 0.05) is 31.9 Å². The summed E-state index contributed by atoms with van der Waals surface area (Å²) in [6.45, 7) is 3.66. The van der Waals surface area contributed by atoms with Gasteiger partial charge in [-0.2, -0.15) is 0 Å². The van der Waals surface area contributed by atoms with Gasteiger partial charge in [-0.1, -0.05) is 18.1 Å². The smallest absolute Gasteiger partial charge is 0.224 e. The van der Waals surface area contributed by atoms with Crippen LogP contribution >= 0.6 is 0 Å². The predicted molar refractivity (Wildman–Crippen MR) is 84.2 cm³/mol. The Kier molecular flexibility index (Phi) is 5.43. The Morgan fingerprint density at radius 3 is 2.86 bits per heavy atom. The molecule has 1 amide bonds. The van der Waals surface area contributed by atoms with Crippen molar-refractivity contribution in [1.29, 1.82) is 0 Å². The first-order valence-corrected chi connectivity index (χ1v) is 8.69. The van der Waals surface area contributed by atoms with Gasteiger partial charge in [-0.25, -0.2) is 0 Å². The summed E-state index contributed by atoms with van der Waals surface area (Å²) in [6.07, 6.45) is 12.0. The average molecular weight is 305 g/mol. The Labute approximate surface area is 132 Å². The van der Waals surface area contributed by atoms with E-state index in [1.54, 1.807) is 10.9 Å². The lowest BCUT2D eigenvalue weighted by Crippen LogP contribution is -2.46. The average Bonchev–Trinajstić information content (AvgIpc) is 3.24. The zero-order valence-corrected chi connectivity index (χ0v) is 13.3.